The molecule has 3 heteroatoms. The molecule has 0 aromatic rings. The van der Waals surface area contributed by atoms with E-state index in [0.717, 1.165) is 13.0 Å². The van der Waals surface area contributed by atoms with Gasteiger partial charge in [-0.1, -0.05) is 89.7 Å². The summed E-state index contributed by atoms with van der Waals surface area (Å²) in [6.45, 7) is 3.78. The topological polar surface area (TPSA) is 38.7 Å². The summed E-state index contributed by atoms with van der Waals surface area (Å²) in [7, 11) is 1.59. The quantitative estimate of drug-likeness (QED) is 0.164. The highest BCUT2D eigenvalue weighted by Crippen LogP contribution is 2.11. The van der Waals surface area contributed by atoms with Gasteiger partial charge < -0.3 is 14.6 Å². The van der Waals surface area contributed by atoms with Crippen molar-refractivity contribution in [3.63, 3.8) is 0 Å². The normalized spacial score (nSPS) is 12.9. The first kappa shape index (κ1) is 26.6. The van der Waals surface area contributed by atoms with Crippen LogP contribution in [0, 0.1) is 0 Å². The van der Waals surface area contributed by atoms with E-state index in [-0.39, 0.29) is 0 Å². The maximum Gasteiger partial charge on any atom is 0.101 e. The highest BCUT2D eigenvalue weighted by molar-refractivity contribution is 4.81. The van der Waals surface area contributed by atoms with Crippen molar-refractivity contribution in [3.05, 3.63) is 12.2 Å². The third kappa shape index (κ3) is 23.6. The Balaban J connectivity index is 3.08. The molecule has 1 N–H and O–H groups in total. The standard InChI is InChI=1S/C24H48O3/c1-3-4-5-6-7-8-9-10-11-12-13-14-15-16-17-18-19-20-21-27-23-24(25)22-26-2/h9-10,24-25H,3-8,11-23H2,1-2H3/b10-9-/t24-/m0/s1. The van der Waals surface area contributed by atoms with Crippen molar-refractivity contribution in [1.29, 1.82) is 0 Å². The van der Waals surface area contributed by atoms with Gasteiger partial charge in [-0.15, -0.1) is 0 Å². The molecule has 3 nitrogen and oxygen atoms in total. The maximum absolute atomic E-state index is 9.45. The molecule has 0 radical (unpaired) electrons. The third-order valence-corrected chi connectivity index (χ3v) is 4.97. The van der Waals surface area contributed by atoms with Crippen LogP contribution in [0.4, 0.5) is 0 Å². The number of rotatable bonds is 22. The van der Waals surface area contributed by atoms with Crippen LogP contribution < -0.4 is 0 Å². The van der Waals surface area contributed by atoms with Crippen molar-refractivity contribution < 1.29 is 14.6 Å². The molecular weight excluding hydrogens is 336 g/mol. The lowest BCUT2D eigenvalue weighted by Gasteiger charge is -2.09. The summed E-state index contributed by atoms with van der Waals surface area (Å²) in [5.74, 6) is 0. The summed E-state index contributed by atoms with van der Waals surface area (Å²) in [4.78, 5) is 0. The van der Waals surface area contributed by atoms with Crippen molar-refractivity contribution in [2.24, 2.45) is 0 Å². The fourth-order valence-corrected chi connectivity index (χ4v) is 3.27. The lowest BCUT2D eigenvalue weighted by Crippen LogP contribution is -2.21. The Morgan fingerprint density at radius 2 is 1.15 bits per heavy atom. The van der Waals surface area contributed by atoms with Crippen LogP contribution in [-0.4, -0.2) is 38.1 Å². The van der Waals surface area contributed by atoms with Gasteiger partial charge in [0.15, 0.2) is 0 Å². The predicted octanol–water partition coefficient (Wildman–Crippen LogP) is 6.83. The van der Waals surface area contributed by atoms with Crippen molar-refractivity contribution >= 4 is 0 Å². The minimum absolute atomic E-state index is 0.357. The van der Waals surface area contributed by atoms with Gasteiger partial charge in [-0.05, 0) is 32.1 Å². The van der Waals surface area contributed by atoms with Gasteiger partial charge in [0.2, 0.25) is 0 Å². The van der Waals surface area contributed by atoms with Gasteiger partial charge in [-0.3, -0.25) is 0 Å². The molecule has 0 saturated heterocycles. The van der Waals surface area contributed by atoms with Crippen LogP contribution in [0.15, 0.2) is 12.2 Å². The molecule has 162 valence electrons. The van der Waals surface area contributed by atoms with Crippen LogP contribution in [0.1, 0.15) is 110 Å². The van der Waals surface area contributed by atoms with Gasteiger partial charge in [-0.2, -0.15) is 0 Å². The SMILES string of the molecule is CCCCCCC/C=C\CCCCCCCCCCCOC[C@@H](O)COC. The fourth-order valence-electron chi connectivity index (χ4n) is 3.27. The molecule has 0 aromatic carbocycles. The average molecular weight is 385 g/mol. The van der Waals surface area contributed by atoms with Crippen LogP contribution >= 0.6 is 0 Å². The van der Waals surface area contributed by atoms with Gasteiger partial charge in [0.1, 0.15) is 6.10 Å². The van der Waals surface area contributed by atoms with Gasteiger partial charge >= 0.3 is 0 Å². The number of unbranched alkanes of at least 4 members (excludes halogenated alkanes) is 14. The van der Waals surface area contributed by atoms with E-state index in [0.29, 0.717) is 13.2 Å². The number of hydrogen-bond donors (Lipinski definition) is 1. The third-order valence-electron chi connectivity index (χ3n) is 4.97. The molecule has 0 aliphatic heterocycles. The number of methoxy groups -OCH3 is 1. The van der Waals surface area contributed by atoms with Gasteiger partial charge in [-0.25, -0.2) is 0 Å². The number of ether oxygens (including phenoxy) is 2. The number of aliphatic hydroxyl groups excluding tert-OH is 1. The zero-order valence-corrected chi connectivity index (χ0v) is 18.4. The summed E-state index contributed by atoms with van der Waals surface area (Å²) >= 11 is 0. The molecule has 0 aliphatic rings. The Kier molecular flexibility index (Phi) is 23.3. The summed E-state index contributed by atoms with van der Waals surface area (Å²) in [5.41, 5.74) is 0. The maximum atomic E-state index is 9.45. The van der Waals surface area contributed by atoms with Crippen molar-refractivity contribution in [3.8, 4) is 0 Å². The minimum atomic E-state index is -0.485. The van der Waals surface area contributed by atoms with E-state index in [2.05, 4.69) is 19.1 Å². The highest BCUT2D eigenvalue weighted by atomic mass is 16.5. The molecule has 0 bridgehead atoms. The Morgan fingerprint density at radius 1 is 0.667 bits per heavy atom. The average Bonchev–Trinajstić information content (AvgIpc) is 2.66. The van der Waals surface area contributed by atoms with Crippen molar-refractivity contribution in [2.75, 3.05) is 26.9 Å². The second-order valence-corrected chi connectivity index (χ2v) is 7.83. The first-order valence-electron chi connectivity index (χ1n) is 11.7. The summed E-state index contributed by atoms with van der Waals surface area (Å²) < 4.78 is 10.3. The van der Waals surface area contributed by atoms with Crippen molar-refractivity contribution in [1.82, 2.24) is 0 Å². The number of hydrogen-bond acceptors (Lipinski definition) is 3. The van der Waals surface area contributed by atoms with Gasteiger partial charge in [0, 0.05) is 13.7 Å². The summed E-state index contributed by atoms with van der Waals surface area (Å²) in [6, 6.07) is 0. The molecule has 0 spiro atoms. The zero-order valence-electron chi connectivity index (χ0n) is 18.4. The molecule has 27 heavy (non-hydrogen) atoms. The smallest absolute Gasteiger partial charge is 0.101 e. The Morgan fingerprint density at radius 3 is 1.67 bits per heavy atom. The van der Waals surface area contributed by atoms with E-state index in [1.54, 1.807) is 7.11 Å². The fraction of sp³-hybridized carbons (Fsp3) is 0.917. The molecule has 0 saturated carbocycles. The van der Waals surface area contributed by atoms with E-state index >= 15 is 0 Å². The molecule has 0 heterocycles. The molecule has 0 aromatic heterocycles. The molecule has 1 atom stereocenters. The second-order valence-electron chi connectivity index (χ2n) is 7.83. The number of allylic oxidation sites excluding steroid dienone is 2. The van der Waals surface area contributed by atoms with Crippen LogP contribution in [0.3, 0.4) is 0 Å². The molecule has 0 rings (SSSR count). The lowest BCUT2D eigenvalue weighted by atomic mass is 10.1. The second kappa shape index (κ2) is 23.7. The van der Waals surface area contributed by atoms with Crippen LogP contribution in [-0.2, 0) is 9.47 Å². The Labute approximate surface area is 169 Å². The lowest BCUT2D eigenvalue weighted by molar-refractivity contribution is -0.00684. The van der Waals surface area contributed by atoms with E-state index < -0.39 is 6.10 Å². The monoisotopic (exact) mass is 384 g/mol. The van der Waals surface area contributed by atoms with E-state index in [4.69, 9.17) is 9.47 Å². The molecule has 0 amide bonds. The summed E-state index contributed by atoms with van der Waals surface area (Å²) in [6.07, 6.45) is 25.7. The van der Waals surface area contributed by atoms with E-state index in [1.807, 2.05) is 0 Å². The van der Waals surface area contributed by atoms with E-state index in [9.17, 15) is 5.11 Å². The first-order chi connectivity index (χ1) is 13.3. The van der Waals surface area contributed by atoms with Gasteiger partial charge in [0.05, 0.1) is 13.2 Å². The molecule has 0 unspecified atom stereocenters. The zero-order chi connectivity index (χ0) is 19.8. The highest BCUT2D eigenvalue weighted by Gasteiger charge is 2.02. The van der Waals surface area contributed by atoms with Crippen LogP contribution in [0.2, 0.25) is 0 Å². The summed E-state index contributed by atoms with van der Waals surface area (Å²) in [5, 5.41) is 9.45. The number of aliphatic hydroxyl groups is 1. The largest absolute Gasteiger partial charge is 0.388 e. The van der Waals surface area contributed by atoms with E-state index in [1.165, 1.54) is 96.3 Å². The first-order valence-corrected chi connectivity index (χ1v) is 11.7. The Hall–Kier alpha value is -0.380. The predicted molar refractivity (Wildman–Crippen MR) is 117 cm³/mol. The van der Waals surface area contributed by atoms with Crippen LogP contribution in [0.25, 0.3) is 0 Å². The van der Waals surface area contributed by atoms with Gasteiger partial charge in [0.25, 0.3) is 0 Å². The molecule has 0 fully saturated rings. The molecule has 0 aliphatic carbocycles. The minimum Gasteiger partial charge on any atom is -0.388 e. The van der Waals surface area contributed by atoms with Crippen LogP contribution in [0.5, 0.6) is 0 Å². The molecular formula is C24H48O3. The van der Waals surface area contributed by atoms with Crippen molar-refractivity contribution in [2.45, 2.75) is 116 Å². The Bertz CT molecular complexity index is 291.